The summed E-state index contributed by atoms with van der Waals surface area (Å²) in [5.41, 5.74) is 1.19. The lowest BCUT2D eigenvalue weighted by atomic mass is 10.0. The molecule has 2 aromatic rings. The summed E-state index contributed by atoms with van der Waals surface area (Å²) >= 11 is 0. The monoisotopic (exact) mass is 273 g/mol. The van der Waals surface area contributed by atoms with Crippen molar-refractivity contribution in [3.05, 3.63) is 36.0 Å². The molecule has 0 saturated carbocycles. The van der Waals surface area contributed by atoms with Gasteiger partial charge < -0.3 is 4.74 Å². The summed E-state index contributed by atoms with van der Waals surface area (Å²) in [6, 6.07) is 4.30. The maximum atomic E-state index is 5.09. The van der Waals surface area contributed by atoms with Crippen molar-refractivity contribution in [1.29, 1.82) is 0 Å². The first-order valence-corrected chi connectivity index (χ1v) is 6.95. The largest absolute Gasteiger partial charge is 0.481 e. The molecule has 106 valence electrons. The molecule has 0 spiro atoms. The van der Waals surface area contributed by atoms with Crippen LogP contribution in [0, 0.1) is 0 Å². The summed E-state index contributed by atoms with van der Waals surface area (Å²) in [4.78, 5) is 11.0. The highest BCUT2D eigenvalue weighted by Gasteiger charge is 2.26. The Morgan fingerprint density at radius 1 is 1.35 bits per heavy atom. The van der Waals surface area contributed by atoms with E-state index in [1.165, 1.54) is 18.4 Å². The molecule has 0 aromatic carbocycles. The highest BCUT2D eigenvalue weighted by molar-refractivity contribution is 5.18. The van der Waals surface area contributed by atoms with Gasteiger partial charge in [-0.05, 0) is 24.9 Å². The van der Waals surface area contributed by atoms with Gasteiger partial charge in [0.2, 0.25) is 5.88 Å². The normalized spacial score (nSPS) is 19.9. The second-order valence-corrected chi connectivity index (χ2v) is 5.06. The number of likely N-dealkylation sites (tertiary alicyclic amines) is 1. The minimum atomic E-state index is 0.327. The number of methoxy groups -OCH3 is 1. The van der Waals surface area contributed by atoms with Crippen molar-refractivity contribution in [3.63, 3.8) is 0 Å². The molecule has 3 rings (SSSR count). The van der Waals surface area contributed by atoms with Gasteiger partial charge in [0.1, 0.15) is 12.2 Å². The highest BCUT2D eigenvalue weighted by atomic mass is 16.5. The molecule has 6 nitrogen and oxygen atoms in total. The molecule has 0 amide bonds. The summed E-state index contributed by atoms with van der Waals surface area (Å²) in [6.45, 7) is 1.96. The van der Waals surface area contributed by atoms with Crippen LogP contribution >= 0.6 is 0 Å². The van der Waals surface area contributed by atoms with E-state index in [4.69, 9.17) is 4.74 Å². The van der Waals surface area contributed by atoms with E-state index in [9.17, 15) is 0 Å². The lowest BCUT2D eigenvalue weighted by Gasteiger charge is -2.34. The molecule has 20 heavy (non-hydrogen) atoms. The van der Waals surface area contributed by atoms with Crippen LogP contribution in [0.15, 0.2) is 24.7 Å². The molecule has 0 unspecified atom stereocenters. The molecule has 3 heterocycles. The van der Waals surface area contributed by atoms with E-state index in [2.05, 4.69) is 31.1 Å². The topological polar surface area (TPSA) is 66.9 Å². The number of nitrogens with one attached hydrogen (secondary N) is 1. The molecule has 1 atom stereocenters. The van der Waals surface area contributed by atoms with Crippen molar-refractivity contribution < 1.29 is 4.74 Å². The zero-order valence-electron chi connectivity index (χ0n) is 11.6. The second-order valence-electron chi connectivity index (χ2n) is 5.06. The molecule has 6 heteroatoms. The highest BCUT2D eigenvalue weighted by Crippen LogP contribution is 2.29. The lowest BCUT2D eigenvalue weighted by Crippen LogP contribution is -2.33. The van der Waals surface area contributed by atoms with E-state index >= 15 is 0 Å². The van der Waals surface area contributed by atoms with Crippen molar-refractivity contribution in [2.45, 2.75) is 31.8 Å². The van der Waals surface area contributed by atoms with Crippen molar-refractivity contribution in [1.82, 2.24) is 25.1 Å². The van der Waals surface area contributed by atoms with Crippen LogP contribution in [0.1, 0.15) is 36.7 Å². The number of ether oxygens (including phenoxy) is 1. The van der Waals surface area contributed by atoms with E-state index in [0.717, 1.165) is 25.3 Å². The number of nitrogens with zero attached hydrogens (tertiary/aromatic N) is 4. The van der Waals surface area contributed by atoms with Crippen LogP contribution in [-0.2, 0) is 6.54 Å². The molecule has 1 aliphatic rings. The zero-order valence-corrected chi connectivity index (χ0v) is 11.6. The zero-order chi connectivity index (χ0) is 13.8. The van der Waals surface area contributed by atoms with Gasteiger partial charge in [-0.15, -0.1) is 0 Å². The number of H-pyrrole nitrogens is 1. The van der Waals surface area contributed by atoms with Crippen LogP contribution in [0.2, 0.25) is 0 Å². The van der Waals surface area contributed by atoms with Crippen LogP contribution < -0.4 is 4.74 Å². The smallest absolute Gasteiger partial charge is 0.212 e. The van der Waals surface area contributed by atoms with E-state index in [1.807, 2.05) is 12.3 Å². The van der Waals surface area contributed by atoms with Crippen LogP contribution in [-0.4, -0.2) is 38.7 Å². The van der Waals surface area contributed by atoms with Crippen LogP contribution in [0.4, 0.5) is 0 Å². The molecule has 1 N–H and O–H groups in total. The Balaban J connectivity index is 1.73. The predicted octanol–water partition coefficient (Wildman–Crippen LogP) is 1.94. The third kappa shape index (κ3) is 2.80. The summed E-state index contributed by atoms with van der Waals surface area (Å²) in [5, 5.41) is 6.97. The van der Waals surface area contributed by atoms with Gasteiger partial charge in [-0.1, -0.05) is 12.5 Å². The Morgan fingerprint density at radius 3 is 3.00 bits per heavy atom. The Hall–Kier alpha value is -1.95. The molecule has 1 saturated heterocycles. The molecule has 2 aromatic heterocycles. The number of piperidine rings is 1. The quantitative estimate of drug-likeness (QED) is 0.922. The van der Waals surface area contributed by atoms with Crippen molar-refractivity contribution in [2.75, 3.05) is 13.7 Å². The third-order valence-corrected chi connectivity index (χ3v) is 3.76. The van der Waals surface area contributed by atoms with Gasteiger partial charge in [-0.3, -0.25) is 10.00 Å². The summed E-state index contributed by atoms with van der Waals surface area (Å²) < 4.78 is 5.09. The maximum absolute atomic E-state index is 5.09. The molecule has 0 bridgehead atoms. The number of aromatic amines is 1. The van der Waals surface area contributed by atoms with Crippen molar-refractivity contribution in [3.8, 4) is 5.88 Å². The Kier molecular flexibility index (Phi) is 3.92. The molecular weight excluding hydrogens is 254 g/mol. The minimum absolute atomic E-state index is 0.327. The average Bonchev–Trinajstić information content (AvgIpc) is 3.03. The number of aromatic nitrogens is 4. The number of hydrogen-bond acceptors (Lipinski definition) is 5. The van der Waals surface area contributed by atoms with E-state index in [-0.39, 0.29) is 0 Å². The maximum Gasteiger partial charge on any atom is 0.212 e. The Bertz CT molecular complexity index is 525. The summed E-state index contributed by atoms with van der Waals surface area (Å²) in [7, 11) is 1.63. The van der Waals surface area contributed by atoms with Gasteiger partial charge >= 0.3 is 0 Å². The Labute approximate surface area is 118 Å². The molecule has 0 radical (unpaired) electrons. The third-order valence-electron chi connectivity index (χ3n) is 3.76. The second kappa shape index (κ2) is 6.00. The fourth-order valence-corrected chi connectivity index (χ4v) is 2.73. The first kappa shape index (κ1) is 13.1. The van der Waals surface area contributed by atoms with Gasteiger partial charge in [0.15, 0.2) is 0 Å². The van der Waals surface area contributed by atoms with Crippen molar-refractivity contribution in [2.24, 2.45) is 0 Å². The minimum Gasteiger partial charge on any atom is -0.481 e. The number of hydrogen-bond donors (Lipinski definition) is 1. The SMILES string of the molecule is COc1ccc(CN2CCCC[C@@H]2c2ncn[nH]2)cn1. The standard InChI is InChI=1S/C14H19N5O/c1-20-13-6-5-11(8-15-13)9-19-7-3-2-4-12(19)14-16-10-17-18-14/h5-6,8,10,12H,2-4,7,9H2,1H3,(H,16,17,18)/t12-/m1/s1. The first-order chi connectivity index (χ1) is 9.86. The number of rotatable bonds is 4. The Morgan fingerprint density at radius 2 is 2.30 bits per heavy atom. The van der Waals surface area contributed by atoms with Gasteiger partial charge in [-0.25, -0.2) is 9.97 Å². The van der Waals surface area contributed by atoms with Gasteiger partial charge in [0.05, 0.1) is 13.2 Å². The first-order valence-electron chi connectivity index (χ1n) is 6.95. The fourth-order valence-electron chi connectivity index (χ4n) is 2.73. The van der Waals surface area contributed by atoms with Crippen LogP contribution in [0.3, 0.4) is 0 Å². The van der Waals surface area contributed by atoms with E-state index < -0.39 is 0 Å². The number of pyridine rings is 1. The molecule has 1 fully saturated rings. The van der Waals surface area contributed by atoms with Crippen molar-refractivity contribution >= 4 is 0 Å². The van der Waals surface area contributed by atoms with Gasteiger partial charge in [-0.2, -0.15) is 5.10 Å². The van der Waals surface area contributed by atoms with Gasteiger partial charge in [0.25, 0.3) is 0 Å². The summed E-state index contributed by atoms with van der Waals surface area (Å²) in [5.74, 6) is 1.62. The molecule has 1 aliphatic heterocycles. The fraction of sp³-hybridized carbons (Fsp3) is 0.500. The molecular formula is C14H19N5O. The van der Waals surface area contributed by atoms with Crippen LogP contribution in [0.25, 0.3) is 0 Å². The van der Waals surface area contributed by atoms with Gasteiger partial charge in [0, 0.05) is 18.8 Å². The summed E-state index contributed by atoms with van der Waals surface area (Å²) in [6.07, 6.45) is 7.05. The van der Waals surface area contributed by atoms with E-state index in [1.54, 1.807) is 13.4 Å². The lowest BCUT2D eigenvalue weighted by molar-refractivity contribution is 0.134. The predicted molar refractivity (Wildman–Crippen MR) is 74.2 cm³/mol. The average molecular weight is 273 g/mol. The molecule has 0 aliphatic carbocycles. The van der Waals surface area contributed by atoms with Crippen LogP contribution in [0.5, 0.6) is 5.88 Å². The van der Waals surface area contributed by atoms with E-state index in [0.29, 0.717) is 11.9 Å².